The van der Waals surface area contributed by atoms with E-state index < -0.39 is 37.0 Å². The van der Waals surface area contributed by atoms with Crippen LogP contribution in [0, 0.1) is 0 Å². The molecule has 0 aromatic carbocycles. The van der Waals surface area contributed by atoms with E-state index in [0.717, 1.165) is 0 Å². The number of nitrogens with one attached hydrogen (secondary N) is 2. The molecule has 15 nitrogen and oxygen atoms in total. The number of H-pyrrole nitrogens is 2. The molecule has 6 heterocycles. The summed E-state index contributed by atoms with van der Waals surface area (Å²) in [5.41, 5.74) is 0.0493. The predicted molar refractivity (Wildman–Crippen MR) is 121 cm³/mol. The number of nitrogens with zero attached hydrogens (tertiary/aromatic N) is 6. The van der Waals surface area contributed by atoms with Gasteiger partial charge in [0.1, 0.15) is 12.3 Å². The molecule has 37 heavy (non-hydrogen) atoms. The fourth-order valence-corrected chi connectivity index (χ4v) is 4.22. The first kappa shape index (κ1) is 26.4. The molecule has 4 aromatic heterocycles. The monoisotopic (exact) mass is 526 g/mol. The van der Waals surface area contributed by atoms with Gasteiger partial charge >= 0.3 is 0 Å². The van der Waals surface area contributed by atoms with Gasteiger partial charge in [-0.1, -0.05) is 0 Å². The van der Waals surface area contributed by atoms with Gasteiger partial charge in [-0.15, -0.1) is 0 Å². The first-order chi connectivity index (χ1) is 17.4. The molecule has 17 heteroatoms. The lowest BCUT2D eigenvalue weighted by Gasteiger charge is -2.14. The van der Waals surface area contributed by atoms with Gasteiger partial charge in [0.15, 0.2) is 34.8 Å². The molecule has 0 saturated carbocycles. The minimum absolute atomic E-state index is 0. The van der Waals surface area contributed by atoms with Crippen LogP contribution < -0.4 is 11.1 Å². The summed E-state index contributed by atoms with van der Waals surface area (Å²) in [6, 6.07) is 0. The summed E-state index contributed by atoms with van der Waals surface area (Å²) in [6.07, 6.45) is -0.0663. The molecule has 2 saturated heterocycles. The highest BCUT2D eigenvalue weighted by Gasteiger charge is 2.38. The molecule has 200 valence electrons. The molecule has 6 atom stereocenters. The van der Waals surface area contributed by atoms with E-state index in [2.05, 4.69) is 29.9 Å². The molecule has 0 amide bonds. The maximum absolute atomic E-state index is 13.8. The van der Waals surface area contributed by atoms with E-state index in [0.29, 0.717) is 0 Å². The van der Waals surface area contributed by atoms with E-state index in [1.807, 2.05) is 0 Å². The number of aliphatic hydroxyl groups is 2. The Bertz CT molecular complexity index is 1360. The van der Waals surface area contributed by atoms with E-state index in [1.54, 1.807) is 0 Å². The van der Waals surface area contributed by atoms with Crippen LogP contribution in [0.5, 0.6) is 0 Å². The van der Waals surface area contributed by atoms with Crippen LogP contribution in [0.1, 0.15) is 25.3 Å². The maximum Gasteiger partial charge on any atom is 0.278 e. The molecule has 6 rings (SSSR count). The van der Waals surface area contributed by atoms with E-state index in [1.165, 1.54) is 34.4 Å². The number of fused-ring (bicyclic) bond motifs is 2. The zero-order valence-electron chi connectivity index (χ0n) is 19.1. The number of alkyl halides is 2. The van der Waals surface area contributed by atoms with Crippen molar-refractivity contribution in [1.29, 1.82) is 0 Å². The molecule has 4 aromatic rings. The van der Waals surface area contributed by atoms with E-state index in [-0.39, 0.29) is 65.0 Å². The number of ether oxygens (including phenoxy) is 2. The molecule has 2 unspecified atom stereocenters. The summed E-state index contributed by atoms with van der Waals surface area (Å²) in [4.78, 5) is 43.4. The molecule has 2 fully saturated rings. The van der Waals surface area contributed by atoms with Crippen LogP contribution in [0.25, 0.3) is 22.3 Å². The van der Waals surface area contributed by atoms with Gasteiger partial charge in [-0.2, -0.15) is 0 Å². The normalized spacial score (nSPS) is 27.2. The maximum atomic E-state index is 13.8. The predicted octanol–water partition coefficient (Wildman–Crippen LogP) is -1.35. The minimum atomic E-state index is -1.26. The Kier molecular flexibility index (Phi) is 7.69. The molecule has 0 spiro atoms. The third-order valence-corrected chi connectivity index (χ3v) is 5.94. The van der Waals surface area contributed by atoms with Gasteiger partial charge in [0.05, 0.1) is 50.7 Å². The molecule has 0 aliphatic carbocycles. The number of halogens is 2. The Morgan fingerprint density at radius 2 is 1.22 bits per heavy atom. The van der Waals surface area contributed by atoms with Crippen molar-refractivity contribution < 1.29 is 33.9 Å². The van der Waals surface area contributed by atoms with E-state index in [9.17, 15) is 18.4 Å². The summed E-state index contributed by atoms with van der Waals surface area (Å²) in [5.74, 6) is 0. The summed E-state index contributed by atoms with van der Waals surface area (Å²) >= 11 is 0. The zero-order chi connectivity index (χ0) is 25.4. The Balaban J connectivity index is 0.000000168. The van der Waals surface area contributed by atoms with E-state index >= 15 is 0 Å². The van der Waals surface area contributed by atoms with Crippen molar-refractivity contribution in [3.8, 4) is 0 Å². The first-order valence-corrected chi connectivity index (χ1v) is 11.0. The molecular formula is C20H24F2N8O7. The lowest BCUT2D eigenvalue weighted by Crippen LogP contribution is -2.17. The average molecular weight is 526 g/mol. The van der Waals surface area contributed by atoms with Crippen LogP contribution in [0.4, 0.5) is 8.78 Å². The lowest BCUT2D eigenvalue weighted by molar-refractivity contribution is -0.0351. The van der Waals surface area contributed by atoms with Crippen LogP contribution in [-0.2, 0) is 9.47 Å². The third-order valence-electron chi connectivity index (χ3n) is 5.94. The number of imidazole rings is 2. The van der Waals surface area contributed by atoms with Crippen LogP contribution in [-0.4, -0.2) is 92.5 Å². The van der Waals surface area contributed by atoms with Gasteiger partial charge in [0.25, 0.3) is 11.1 Å². The van der Waals surface area contributed by atoms with Crippen LogP contribution >= 0.6 is 0 Å². The number of aromatic amines is 2. The number of hydrogen-bond acceptors (Lipinski definition) is 10. The summed E-state index contributed by atoms with van der Waals surface area (Å²) in [7, 11) is 0. The van der Waals surface area contributed by atoms with Gasteiger partial charge in [0, 0.05) is 12.8 Å². The summed E-state index contributed by atoms with van der Waals surface area (Å²) < 4.78 is 41.1. The quantitative estimate of drug-likeness (QED) is 0.245. The Morgan fingerprint density at radius 3 is 1.57 bits per heavy atom. The van der Waals surface area contributed by atoms with Crippen molar-refractivity contribution in [3.63, 3.8) is 0 Å². The fraction of sp³-hybridized carbons (Fsp3) is 0.500. The second-order valence-corrected chi connectivity index (χ2v) is 8.28. The smallest absolute Gasteiger partial charge is 0.278 e. The summed E-state index contributed by atoms with van der Waals surface area (Å²) in [6.45, 7) is -0.477. The first-order valence-electron chi connectivity index (χ1n) is 11.0. The molecule has 0 bridgehead atoms. The SMILES string of the molecule is O.O=c1[nH]cnc2c1ncn2[C@@H]1O[C@H](CO)CC1F.O=c1[nH]cnc2c1ncn2[C@@H]1O[C@H](CO)CC1F. The molecular weight excluding hydrogens is 502 g/mol. The highest BCUT2D eigenvalue weighted by atomic mass is 19.1. The minimum Gasteiger partial charge on any atom is -0.412 e. The second-order valence-electron chi connectivity index (χ2n) is 8.28. The van der Waals surface area contributed by atoms with Gasteiger partial charge in [-0.3, -0.25) is 18.7 Å². The Labute approximate surface area is 205 Å². The Morgan fingerprint density at radius 1 is 0.811 bits per heavy atom. The lowest BCUT2D eigenvalue weighted by atomic mass is 10.2. The highest BCUT2D eigenvalue weighted by molar-refractivity contribution is 5.69. The third kappa shape index (κ3) is 4.86. The van der Waals surface area contributed by atoms with Gasteiger partial charge < -0.3 is 35.1 Å². The molecule has 0 radical (unpaired) electrons. The van der Waals surface area contributed by atoms with Crippen molar-refractivity contribution >= 4 is 22.3 Å². The number of hydrogen-bond donors (Lipinski definition) is 4. The average Bonchev–Trinajstić information content (AvgIpc) is 3.64. The molecule has 2 aliphatic heterocycles. The standard InChI is InChI=1S/2C10H11FN4O3.H2O/c2*11-6-1-5(2-16)18-10(6)15-4-14-7-8(15)12-3-13-9(7)17;/h2*3-6,10,16H,1-2H2,(H,12,13,17);1H2/t2*5-,6?,10+;/m00./s1. The van der Waals surface area contributed by atoms with E-state index in [4.69, 9.17) is 19.7 Å². The van der Waals surface area contributed by atoms with Crippen LogP contribution in [0.15, 0.2) is 34.9 Å². The van der Waals surface area contributed by atoms with Crippen LogP contribution in [0.2, 0.25) is 0 Å². The van der Waals surface area contributed by atoms with Gasteiger partial charge in [0.2, 0.25) is 0 Å². The van der Waals surface area contributed by atoms with Gasteiger partial charge in [-0.25, -0.2) is 28.7 Å². The highest BCUT2D eigenvalue weighted by Crippen LogP contribution is 2.33. The molecule has 2 aliphatic rings. The number of rotatable bonds is 4. The van der Waals surface area contributed by atoms with Gasteiger partial charge in [-0.05, 0) is 0 Å². The number of aromatic nitrogens is 8. The van der Waals surface area contributed by atoms with Crippen molar-refractivity contribution in [2.75, 3.05) is 13.2 Å². The largest absolute Gasteiger partial charge is 0.412 e. The second kappa shape index (κ2) is 10.8. The van der Waals surface area contributed by atoms with Crippen LogP contribution in [0.3, 0.4) is 0 Å². The van der Waals surface area contributed by atoms with Crippen molar-refractivity contribution in [3.05, 3.63) is 46.0 Å². The van der Waals surface area contributed by atoms with Crippen molar-refractivity contribution in [2.24, 2.45) is 0 Å². The topological polar surface area (TPSA) is 218 Å². The zero-order valence-corrected chi connectivity index (χ0v) is 19.1. The summed E-state index contributed by atoms with van der Waals surface area (Å²) in [5, 5.41) is 17.9. The van der Waals surface area contributed by atoms with Crippen molar-refractivity contribution in [1.82, 2.24) is 39.0 Å². The van der Waals surface area contributed by atoms with Crippen molar-refractivity contribution in [2.45, 2.75) is 49.8 Å². The Hall–Kier alpha value is -3.64. The molecule has 6 N–H and O–H groups in total. The fourth-order valence-electron chi connectivity index (χ4n) is 4.22. The number of aliphatic hydroxyl groups excluding tert-OH is 2.